The van der Waals surface area contributed by atoms with Gasteiger partial charge in [0.2, 0.25) is 0 Å². The molecule has 0 saturated carbocycles. The van der Waals surface area contributed by atoms with Crippen molar-refractivity contribution in [3.63, 3.8) is 0 Å². The quantitative estimate of drug-likeness (QED) is 0.678. The van der Waals surface area contributed by atoms with Crippen molar-refractivity contribution in [1.82, 2.24) is 9.97 Å². The Morgan fingerprint density at radius 2 is 1.22 bits per heavy atom. The van der Waals surface area contributed by atoms with Gasteiger partial charge in [0, 0.05) is 29.4 Å². The van der Waals surface area contributed by atoms with Gasteiger partial charge in [-0.1, -0.05) is 36.4 Å². The van der Waals surface area contributed by atoms with E-state index in [0.717, 1.165) is 22.5 Å². The zero-order chi connectivity index (χ0) is 15.5. The van der Waals surface area contributed by atoms with Crippen LogP contribution in [-0.2, 0) is 0 Å². The molecule has 4 rings (SSSR count). The number of benzene rings is 1. The van der Waals surface area contributed by atoms with Crippen LogP contribution in [0.3, 0.4) is 0 Å². The minimum atomic E-state index is 0.320. The lowest BCUT2D eigenvalue weighted by atomic mass is 9.94. The second kappa shape index (κ2) is 6.01. The number of hydrogen-bond donors (Lipinski definition) is 0. The minimum Gasteiger partial charge on any atom is -0.256 e. The maximum absolute atomic E-state index is 4.50. The summed E-state index contributed by atoms with van der Waals surface area (Å²) in [7, 11) is 0. The van der Waals surface area contributed by atoms with E-state index in [1.807, 2.05) is 48.8 Å². The highest BCUT2D eigenvalue weighted by atomic mass is 14.7. The summed E-state index contributed by atoms with van der Waals surface area (Å²) in [5.41, 5.74) is 5.48. The maximum Gasteiger partial charge on any atom is 0.0702 e. The van der Waals surface area contributed by atoms with Gasteiger partial charge in [-0.3, -0.25) is 9.97 Å². The maximum atomic E-state index is 4.50. The molecule has 1 aliphatic carbocycles. The van der Waals surface area contributed by atoms with Gasteiger partial charge in [0.25, 0.3) is 0 Å². The van der Waals surface area contributed by atoms with Crippen LogP contribution in [0.2, 0.25) is 0 Å². The molecule has 110 valence electrons. The van der Waals surface area contributed by atoms with Crippen LogP contribution in [0.4, 0.5) is 0 Å². The van der Waals surface area contributed by atoms with Gasteiger partial charge < -0.3 is 0 Å². The fourth-order valence-corrected chi connectivity index (χ4v) is 2.86. The molecule has 0 fully saturated rings. The van der Waals surface area contributed by atoms with Crippen LogP contribution in [0.15, 0.2) is 91.3 Å². The van der Waals surface area contributed by atoms with E-state index in [-0.39, 0.29) is 0 Å². The Kier molecular flexibility index (Phi) is 3.57. The SMILES string of the molecule is C1=CC(c2cc(-c3ccccn3)cc(-c3ccccn3)c2)C=C1. The molecule has 0 bridgehead atoms. The Morgan fingerprint density at radius 1 is 0.652 bits per heavy atom. The largest absolute Gasteiger partial charge is 0.256 e. The van der Waals surface area contributed by atoms with Crippen LogP contribution in [0.1, 0.15) is 11.5 Å². The van der Waals surface area contributed by atoms with Gasteiger partial charge in [-0.15, -0.1) is 0 Å². The Bertz CT molecular complexity index is 795. The molecule has 1 aromatic carbocycles. The molecule has 0 saturated heterocycles. The van der Waals surface area contributed by atoms with Gasteiger partial charge in [0.05, 0.1) is 11.4 Å². The lowest BCUT2D eigenvalue weighted by Crippen LogP contribution is -1.94. The first kappa shape index (κ1) is 13.6. The van der Waals surface area contributed by atoms with Gasteiger partial charge in [0.1, 0.15) is 0 Å². The number of aromatic nitrogens is 2. The van der Waals surface area contributed by atoms with Crippen LogP contribution >= 0.6 is 0 Å². The first-order valence-corrected chi connectivity index (χ1v) is 7.73. The van der Waals surface area contributed by atoms with Crippen molar-refractivity contribution >= 4 is 0 Å². The van der Waals surface area contributed by atoms with Crippen LogP contribution in [-0.4, -0.2) is 9.97 Å². The zero-order valence-corrected chi connectivity index (χ0v) is 12.6. The van der Waals surface area contributed by atoms with Crippen molar-refractivity contribution in [2.24, 2.45) is 0 Å². The molecular formula is C21H16N2. The first-order chi connectivity index (χ1) is 11.4. The Morgan fingerprint density at radius 3 is 1.70 bits per heavy atom. The van der Waals surface area contributed by atoms with Gasteiger partial charge in [-0.25, -0.2) is 0 Å². The Hall–Kier alpha value is -3.00. The highest BCUT2D eigenvalue weighted by Gasteiger charge is 2.12. The predicted molar refractivity (Wildman–Crippen MR) is 93.9 cm³/mol. The average Bonchev–Trinajstić information content (AvgIpc) is 3.18. The van der Waals surface area contributed by atoms with Gasteiger partial charge >= 0.3 is 0 Å². The molecule has 0 amide bonds. The molecule has 0 N–H and O–H groups in total. The van der Waals surface area contributed by atoms with Crippen LogP contribution < -0.4 is 0 Å². The van der Waals surface area contributed by atoms with Crippen molar-refractivity contribution < 1.29 is 0 Å². The molecule has 2 nitrogen and oxygen atoms in total. The summed E-state index contributed by atoms with van der Waals surface area (Å²) in [6.07, 6.45) is 12.3. The van der Waals surface area contributed by atoms with Crippen molar-refractivity contribution in [3.8, 4) is 22.5 Å². The summed E-state index contributed by atoms with van der Waals surface area (Å²) in [6.45, 7) is 0. The highest BCUT2D eigenvalue weighted by molar-refractivity contribution is 5.71. The standard InChI is InChI=1S/C21H16N2/c1-2-8-16(7-1)17-13-18(20-9-3-5-11-22-20)15-19(14-17)21-10-4-6-12-23-21/h1-16H. The van der Waals surface area contributed by atoms with E-state index in [1.54, 1.807) is 0 Å². The summed E-state index contributed by atoms with van der Waals surface area (Å²) in [4.78, 5) is 8.99. The summed E-state index contributed by atoms with van der Waals surface area (Å²) in [5.74, 6) is 0.320. The number of pyridine rings is 2. The fraction of sp³-hybridized carbons (Fsp3) is 0.0476. The second-order valence-electron chi connectivity index (χ2n) is 5.57. The molecule has 0 radical (unpaired) electrons. The number of allylic oxidation sites excluding steroid dienone is 4. The Labute approximate surface area is 135 Å². The smallest absolute Gasteiger partial charge is 0.0702 e. The van der Waals surface area contributed by atoms with Crippen LogP contribution in [0, 0.1) is 0 Å². The van der Waals surface area contributed by atoms with Crippen molar-refractivity contribution in [1.29, 1.82) is 0 Å². The summed E-state index contributed by atoms with van der Waals surface area (Å²) in [5, 5.41) is 0. The molecular weight excluding hydrogens is 280 g/mol. The van der Waals surface area contributed by atoms with E-state index < -0.39 is 0 Å². The molecule has 2 heterocycles. The van der Waals surface area contributed by atoms with Gasteiger partial charge in [-0.2, -0.15) is 0 Å². The van der Waals surface area contributed by atoms with E-state index >= 15 is 0 Å². The van der Waals surface area contributed by atoms with E-state index in [0.29, 0.717) is 5.92 Å². The molecule has 2 aromatic heterocycles. The van der Waals surface area contributed by atoms with Crippen LogP contribution in [0.25, 0.3) is 22.5 Å². The molecule has 0 spiro atoms. The molecule has 23 heavy (non-hydrogen) atoms. The van der Waals surface area contributed by atoms with Crippen molar-refractivity contribution in [3.05, 3.63) is 96.9 Å². The lowest BCUT2D eigenvalue weighted by molar-refractivity contribution is 1.10. The summed E-state index contributed by atoms with van der Waals surface area (Å²) < 4.78 is 0. The topological polar surface area (TPSA) is 25.8 Å². The predicted octanol–water partition coefficient (Wildman–Crippen LogP) is 5.02. The fourth-order valence-electron chi connectivity index (χ4n) is 2.86. The van der Waals surface area contributed by atoms with Crippen molar-refractivity contribution in [2.75, 3.05) is 0 Å². The molecule has 0 unspecified atom stereocenters. The summed E-state index contributed by atoms with van der Waals surface area (Å²) in [6, 6.07) is 18.6. The highest BCUT2D eigenvalue weighted by Crippen LogP contribution is 2.31. The average molecular weight is 296 g/mol. The number of nitrogens with zero attached hydrogens (tertiary/aromatic N) is 2. The monoisotopic (exact) mass is 296 g/mol. The van der Waals surface area contributed by atoms with Crippen molar-refractivity contribution in [2.45, 2.75) is 5.92 Å². The molecule has 1 aliphatic rings. The van der Waals surface area contributed by atoms with Gasteiger partial charge in [-0.05, 0) is 48.0 Å². The molecule has 3 aromatic rings. The Balaban J connectivity index is 1.87. The minimum absolute atomic E-state index is 0.320. The van der Waals surface area contributed by atoms with E-state index in [4.69, 9.17) is 0 Å². The molecule has 0 atom stereocenters. The third-order valence-electron chi connectivity index (χ3n) is 4.01. The second-order valence-corrected chi connectivity index (χ2v) is 5.57. The zero-order valence-electron chi connectivity index (χ0n) is 12.6. The third-order valence-corrected chi connectivity index (χ3v) is 4.01. The molecule has 0 aliphatic heterocycles. The van der Waals surface area contributed by atoms with Gasteiger partial charge in [0.15, 0.2) is 0 Å². The van der Waals surface area contributed by atoms with Crippen LogP contribution in [0.5, 0.6) is 0 Å². The van der Waals surface area contributed by atoms with E-state index in [1.165, 1.54) is 5.56 Å². The normalized spacial score (nSPS) is 13.6. The summed E-state index contributed by atoms with van der Waals surface area (Å²) >= 11 is 0. The van der Waals surface area contributed by atoms with E-state index in [9.17, 15) is 0 Å². The number of rotatable bonds is 3. The van der Waals surface area contributed by atoms with E-state index in [2.05, 4.69) is 52.5 Å². The molecule has 2 heteroatoms. The first-order valence-electron chi connectivity index (χ1n) is 7.73. The number of hydrogen-bond acceptors (Lipinski definition) is 2. The third kappa shape index (κ3) is 2.84. The lowest BCUT2D eigenvalue weighted by Gasteiger charge is -2.12.